The van der Waals surface area contributed by atoms with Crippen molar-refractivity contribution in [1.29, 1.82) is 0 Å². The molecule has 1 N–H and O–H groups in total. The zero-order valence-electron chi connectivity index (χ0n) is 17.7. The molecule has 1 aliphatic rings. The maximum absolute atomic E-state index is 13.6. The molecular weight excluding hydrogens is 401 g/mol. The minimum Gasteiger partial charge on any atom is -0.457 e. The largest absolute Gasteiger partial charge is 0.457 e. The summed E-state index contributed by atoms with van der Waals surface area (Å²) in [5.41, 5.74) is -2.81. The number of likely N-dealkylation sites (tertiary alicyclic amines) is 1. The molecule has 0 saturated carbocycles. The van der Waals surface area contributed by atoms with Crippen molar-refractivity contribution in [3.8, 4) is 0 Å². The summed E-state index contributed by atoms with van der Waals surface area (Å²) < 4.78 is 24.6. The second-order valence-electron chi connectivity index (χ2n) is 9.37. The lowest BCUT2D eigenvalue weighted by atomic mass is 9.81. The van der Waals surface area contributed by atoms with Gasteiger partial charge in [-0.15, -0.1) is 0 Å². The molecule has 162 valence electrons. The maximum atomic E-state index is 13.6. The van der Waals surface area contributed by atoms with E-state index in [0.29, 0.717) is 5.56 Å². The zero-order chi connectivity index (χ0) is 22.2. The van der Waals surface area contributed by atoms with E-state index in [0.717, 1.165) is 6.07 Å². The van der Waals surface area contributed by atoms with Gasteiger partial charge < -0.3 is 19.5 Å². The van der Waals surface area contributed by atoms with Gasteiger partial charge in [0.05, 0.1) is 17.0 Å². The number of hydrogen-bond donors (Lipinski definition) is 1. The Labute approximate surface area is 175 Å². The third-order valence-corrected chi connectivity index (χ3v) is 4.90. The summed E-state index contributed by atoms with van der Waals surface area (Å²) in [5, 5.41) is 11.3. The van der Waals surface area contributed by atoms with Gasteiger partial charge >= 0.3 is 12.1 Å². The average molecular weight is 430 g/mol. The molecule has 0 aliphatic carbocycles. The van der Waals surface area contributed by atoms with Crippen LogP contribution in [0.15, 0.2) is 18.2 Å². The molecular formula is C21H29ClFNO5. The van der Waals surface area contributed by atoms with Crippen LogP contribution in [0.1, 0.15) is 53.5 Å². The van der Waals surface area contributed by atoms with Crippen molar-refractivity contribution in [2.45, 2.75) is 65.3 Å². The molecule has 6 nitrogen and oxygen atoms in total. The topological polar surface area (TPSA) is 76.1 Å². The number of carbonyl (C=O) groups excluding carboxylic acids is 2. The quantitative estimate of drug-likeness (QED) is 0.710. The van der Waals surface area contributed by atoms with Crippen molar-refractivity contribution in [3.63, 3.8) is 0 Å². The molecule has 8 heteroatoms. The molecule has 29 heavy (non-hydrogen) atoms. The average Bonchev–Trinajstić information content (AvgIpc) is 2.56. The van der Waals surface area contributed by atoms with Gasteiger partial charge in [0, 0.05) is 13.0 Å². The normalized spacial score (nSPS) is 22.9. The summed E-state index contributed by atoms with van der Waals surface area (Å²) in [7, 11) is 0. The van der Waals surface area contributed by atoms with E-state index in [9.17, 15) is 19.1 Å². The molecule has 1 amide bonds. The summed E-state index contributed by atoms with van der Waals surface area (Å²) in [6.45, 7) is 10.4. The molecule has 1 fully saturated rings. The summed E-state index contributed by atoms with van der Waals surface area (Å²) in [6, 6.07) is 3.87. The SMILES string of the molecule is CC(C)(C)OC(=O)N1CC[C@](O)(c2ccc(F)c(Cl)c2)[C@@H](OC(=O)C(C)(C)C)C1. The van der Waals surface area contributed by atoms with E-state index in [4.69, 9.17) is 21.1 Å². The summed E-state index contributed by atoms with van der Waals surface area (Å²) >= 11 is 5.89. The van der Waals surface area contributed by atoms with Gasteiger partial charge in [-0.1, -0.05) is 17.7 Å². The lowest BCUT2D eigenvalue weighted by molar-refractivity contribution is -0.186. The smallest absolute Gasteiger partial charge is 0.410 e. The number of esters is 1. The van der Waals surface area contributed by atoms with E-state index < -0.39 is 40.6 Å². The molecule has 0 unspecified atom stereocenters. The number of rotatable bonds is 2. The third kappa shape index (κ3) is 5.60. The lowest BCUT2D eigenvalue weighted by Crippen LogP contribution is -2.57. The van der Waals surface area contributed by atoms with Crippen LogP contribution in [-0.2, 0) is 19.9 Å². The Morgan fingerprint density at radius 3 is 2.38 bits per heavy atom. The van der Waals surface area contributed by atoms with E-state index >= 15 is 0 Å². The van der Waals surface area contributed by atoms with Crippen LogP contribution in [0.3, 0.4) is 0 Å². The first-order valence-corrected chi connectivity index (χ1v) is 9.88. The predicted molar refractivity (Wildman–Crippen MR) is 107 cm³/mol. The van der Waals surface area contributed by atoms with Crippen molar-refractivity contribution in [3.05, 3.63) is 34.6 Å². The van der Waals surface area contributed by atoms with Crippen LogP contribution in [0, 0.1) is 11.2 Å². The number of halogens is 2. The van der Waals surface area contributed by atoms with E-state index in [-0.39, 0.29) is 24.5 Å². The highest BCUT2D eigenvalue weighted by Crippen LogP contribution is 2.38. The first kappa shape index (κ1) is 23.4. The number of benzene rings is 1. The molecule has 1 heterocycles. The highest BCUT2D eigenvalue weighted by Gasteiger charge is 2.48. The summed E-state index contributed by atoms with van der Waals surface area (Å²) in [5.74, 6) is -1.14. The Morgan fingerprint density at radius 2 is 1.86 bits per heavy atom. The van der Waals surface area contributed by atoms with Gasteiger partial charge in [-0.05, 0) is 59.2 Å². The number of aliphatic hydroxyl groups is 1. The van der Waals surface area contributed by atoms with E-state index in [2.05, 4.69) is 0 Å². The van der Waals surface area contributed by atoms with Gasteiger partial charge in [0.25, 0.3) is 0 Å². The second kappa shape index (κ2) is 8.11. The Bertz CT molecular complexity index is 786. The van der Waals surface area contributed by atoms with Crippen molar-refractivity contribution >= 4 is 23.7 Å². The van der Waals surface area contributed by atoms with Gasteiger partial charge in [-0.2, -0.15) is 0 Å². The minimum atomic E-state index is -1.63. The van der Waals surface area contributed by atoms with Gasteiger partial charge in [-0.3, -0.25) is 4.79 Å². The van der Waals surface area contributed by atoms with Crippen molar-refractivity contribution < 1.29 is 28.6 Å². The van der Waals surface area contributed by atoms with Crippen molar-refractivity contribution in [1.82, 2.24) is 4.90 Å². The van der Waals surface area contributed by atoms with Crippen molar-refractivity contribution in [2.24, 2.45) is 5.41 Å². The first-order valence-electron chi connectivity index (χ1n) is 9.50. The zero-order valence-corrected chi connectivity index (χ0v) is 18.5. The number of nitrogens with zero attached hydrogens (tertiary/aromatic N) is 1. The molecule has 1 saturated heterocycles. The fourth-order valence-electron chi connectivity index (χ4n) is 2.94. The number of carbonyl (C=O) groups is 2. The molecule has 0 radical (unpaired) electrons. The molecule has 0 aromatic heterocycles. The maximum Gasteiger partial charge on any atom is 0.410 e. The van der Waals surface area contributed by atoms with Crippen LogP contribution in [-0.4, -0.2) is 46.9 Å². The number of piperidine rings is 1. The van der Waals surface area contributed by atoms with Crippen LogP contribution in [0.5, 0.6) is 0 Å². The fraction of sp³-hybridized carbons (Fsp3) is 0.619. The van der Waals surface area contributed by atoms with Crippen LogP contribution in [0.25, 0.3) is 0 Å². The lowest BCUT2D eigenvalue weighted by Gasteiger charge is -2.44. The van der Waals surface area contributed by atoms with Gasteiger partial charge in [-0.25, -0.2) is 9.18 Å². The van der Waals surface area contributed by atoms with Gasteiger partial charge in [0.2, 0.25) is 0 Å². The molecule has 1 aliphatic heterocycles. The van der Waals surface area contributed by atoms with Crippen LogP contribution in [0.4, 0.5) is 9.18 Å². The molecule has 1 aromatic rings. The highest BCUT2D eigenvalue weighted by molar-refractivity contribution is 6.30. The third-order valence-electron chi connectivity index (χ3n) is 4.61. The second-order valence-corrected chi connectivity index (χ2v) is 9.78. The van der Waals surface area contributed by atoms with E-state index in [1.54, 1.807) is 41.5 Å². The Morgan fingerprint density at radius 1 is 1.24 bits per heavy atom. The highest BCUT2D eigenvalue weighted by atomic mass is 35.5. The van der Waals surface area contributed by atoms with E-state index in [1.165, 1.54) is 17.0 Å². The predicted octanol–water partition coefficient (Wildman–Crippen LogP) is 4.27. The number of amides is 1. The van der Waals surface area contributed by atoms with Gasteiger partial charge in [0.1, 0.15) is 17.0 Å². The van der Waals surface area contributed by atoms with E-state index in [1.807, 2.05) is 0 Å². The summed E-state index contributed by atoms with van der Waals surface area (Å²) in [4.78, 5) is 26.4. The first-order chi connectivity index (χ1) is 13.1. The fourth-order valence-corrected chi connectivity index (χ4v) is 3.12. The number of ether oxygens (including phenoxy) is 2. The molecule has 2 rings (SSSR count). The molecule has 2 atom stereocenters. The molecule has 0 spiro atoms. The summed E-state index contributed by atoms with van der Waals surface area (Å²) in [6.07, 6.45) is -1.57. The Kier molecular flexibility index (Phi) is 6.55. The minimum absolute atomic E-state index is 0.0658. The Balaban J connectivity index is 2.36. The van der Waals surface area contributed by atoms with Crippen LogP contribution in [0.2, 0.25) is 5.02 Å². The van der Waals surface area contributed by atoms with Crippen LogP contribution >= 0.6 is 11.6 Å². The molecule has 0 bridgehead atoms. The monoisotopic (exact) mass is 429 g/mol. The standard InChI is InChI=1S/C21H29ClFNO5/c1-19(2,3)17(25)28-16-12-24(18(26)29-20(4,5)6)10-9-21(16,27)13-7-8-15(23)14(22)11-13/h7-8,11,16,27H,9-10,12H2,1-6H3/t16-,21-/m0/s1. The van der Waals surface area contributed by atoms with Gasteiger partial charge in [0.15, 0.2) is 6.10 Å². The van der Waals surface area contributed by atoms with Crippen molar-refractivity contribution in [2.75, 3.05) is 13.1 Å². The van der Waals surface area contributed by atoms with Crippen LogP contribution < -0.4 is 0 Å². The molecule has 1 aromatic carbocycles. The number of hydrogen-bond acceptors (Lipinski definition) is 5. The Hall–Kier alpha value is -1.86.